The fraction of sp³-hybridized carbons (Fsp3) is 0.0909. The van der Waals surface area contributed by atoms with E-state index >= 15 is 0 Å². The van der Waals surface area contributed by atoms with Crippen molar-refractivity contribution in [2.45, 2.75) is 0 Å². The van der Waals surface area contributed by atoms with E-state index in [1.165, 1.54) is 11.3 Å². The molecule has 1 aromatic heterocycles. The number of ketones is 1. The summed E-state index contributed by atoms with van der Waals surface area (Å²) in [6.45, 7) is -0.346. The molecule has 0 aliphatic carbocycles. The Morgan fingerprint density at radius 3 is 2.61 bits per heavy atom. The van der Waals surface area contributed by atoms with Crippen LogP contribution in [0.15, 0.2) is 60.7 Å². The van der Waals surface area contributed by atoms with Gasteiger partial charge in [0.2, 0.25) is 5.78 Å². The molecule has 0 atom stereocenters. The quantitative estimate of drug-likeness (QED) is 0.310. The first-order valence-corrected chi connectivity index (χ1v) is 9.72. The molecule has 0 aliphatic rings. The van der Waals surface area contributed by atoms with Gasteiger partial charge in [0.25, 0.3) is 0 Å². The van der Waals surface area contributed by atoms with Gasteiger partial charge in [0.1, 0.15) is 10.6 Å². The second-order valence-corrected chi connectivity index (χ2v) is 7.56. The molecule has 0 unspecified atom stereocenters. The number of ether oxygens (including phenoxy) is 2. The molecule has 6 heteroatoms. The number of esters is 1. The SMILES string of the molecule is COc1ccc2c(Cl)c(C(=O)OCC(=O)c3cccc4ccccc34)sc2c1. The van der Waals surface area contributed by atoms with Crippen LogP contribution in [0.3, 0.4) is 0 Å². The summed E-state index contributed by atoms with van der Waals surface area (Å²) in [5.41, 5.74) is 0.526. The molecule has 0 spiro atoms. The predicted molar refractivity (Wildman–Crippen MR) is 112 cm³/mol. The zero-order chi connectivity index (χ0) is 19.7. The van der Waals surface area contributed by atoms with Crippen molar-refractivity contribution in [2.24, 2.45) is 0 Å². The van der Waals surface area contributed by atoms with Crippen molar-refractivity contribution in [3.63, 3.8) is 0 Å². The fourth-order valence-electron chi connectivity index (χ4n) is 3.05. The molecule has 4 aromatic rings. The third kappa shape index (κ3) is 3.35. The van der Waals surface area contributed by atoms with Crippen LogP contribution < -0.4 is 4.74 Å². The highest BCUT2D eigenvalue weighted by atomic mass is 35.5. The standard InChI is InChI=1S/C22H15ClO4S/c1-26-14-9-10-17-19(11-14)28-21(20(17)23)22(25)27-12-18(24)16-8-4-6-13-5-2-3-7-15(13)16/h2-11H,12H2,1H3. The van der Waals surface area contributed by atoms with Crippen molar-refractivity contribution in [1.29, 1.82) is 0 Å². The lowest BCUT2D eigenvalue weighted by Crippen LogP contribution is -2.14. The van der Waals surface area contributed by atoms with Gasteiger partial charge in [-0.25, -0.2) is 4.79 Å². The van der Waals surface area contributed by atoms with Gasteiger partial charge in [-0.3, -0.25) is 4.79 Å². The molecule has 0 saturated heterocycles. The maximum Gasteiger partial charge on any atom is 0.350 e. The monoisotopic (exact) mass is 410 g/mol. The Balaban J connectivity index is 1.55. The highest BCUT2D eigenvalue weighted by Crippen LogP contribution is 2.37. The van der Waals surface area contributed by atoms with Crippen LogP contribution in [0.5, 0.6) is 5.75 Å². The first-order chi connectivity index (χ1) is 13.6. The first kappa shape index (κ1) is 18.5. The normalized spacial score (nSPS) is 10.9. The minimum Gasteiger partial charge on any atom is -0.497 e. The first-order valence-electron chi connectivity index (χ1n) is 8.52. The molecule has 0 bridgehead atoms. The Morgan fingerprint density at radius 2 is 1.79 bits per heavy atom. The van der Waals surface area contributed by atoms with Gasteiger partial charge in [0, 0.05) is 15.6 Å². The molecule has 4 nitrogen and oxygen atoms in total. The Kier molecular flexibility index (Phi) is 5.03. The van der Waals surface area contributed by atoms with E-state index in [0.29, 0.717) is 16.3 Å². The summed E-state index contributed by atoms with van der Waals surface area (Å²) in [5, 5.41) is 2.87. The average Bonchev–Trinajstić information content (AvgIpc) is 3.07. The van der Waals surface area contributed by atoms with E-state index < -0.39 is 5.97 Å². The molecule has 28 heavy (non-hydrogen) atoms. The smallest absolute Gasteiger partial charge is 0.350 e. The highest BCUT2D eigenvalue weighted by molar-refractivity contribution is 7.21. The van der Waals surface area contributed by atoms with E-state index in [1.54, 1.807) is 25.3 Å². The van der Waals surface area contributed by atoms with Crippen LogP contribution in [-0.4, -0.2) is 25.5 Å². The molecule has 3 aromatic carbocycles. The van der Waals surface area contributed by atoms with Crippen LogP contribution in [0.25, 0.3) is 20.9 Å². The summed E-state index contributed by atoms with van der Waals surface area (Å²) in [5.74, 6) is -0.195. The Labute approximate surface area is 170 Å². The lowest BCUT2D eigenvalue weighted by Gasteiger charge is -2.06. The number of methoxy groups -OCH3 is 1. The second-order valence-electron chi connectivity index (χ2n) is 6.13. The van der Waals surface area contributed by atoms with E-state index in [0.717, 1.165) is 20.9 Å². The maximum atomic E-state index is 12.6. The summed E-state index contributed by atoms with van der Waals surface area (Å²) in [6.07, 6.45) is 0. The molecule has 0 N–H and O–H groups in total. The second kappa shape index (κ2) is 7.62. The number of benzene rings is 3. The van der Waals surface area contributed by atoms with Gasteiger partial charge >= 0.3 is 5.97 Å². The van der Waals surface area contributed by atoms with Crippen LogP contribution in [-0.2, 0) is 4.74 Å². The lowest BCUT2D eigenvalue weighted by molar-refractivity contribution is 0.0480. The summed E-state index contributed by atoms with van der Waals surface area (Å²) in [6, 6.07) is 18.5. The number of carbonyl (C=O) groups is 2. The molecule has 0 fully saturated rings. The number of thiophene rings is 1. The largest absolute Gasteiger partial charge is 0.497 e. The van der Waals surface area contributed by atoms with Crippen LogP contribution >= 0.6 is 22.9 Å². The summed E-state index contributed by atoms with van der Waals surface area (Å²) in [7, 11) is 1.57. The molecule has 0 radical (unpaired) electrons. The number of rotatable bonds is 5. The minimum absolute atomic E-state index is 0.260. The zero-order valence-corrected chi connectivity index (χ0v) is 16.5. The van der Waals surface area contributed by atoms with Crippen molar-refractivity contribution in [3.05, 3.63) is 76.1 Å². The van der Waals surface area contributed by atoms with E-state index in [1.807, 2.05) is 42.5 Å². The number of halogens is 1. The van der Waals surface area contributed by atoms with Crippen LogP contribution in [0.2, 0.25) is 5.02 Å². The summed E-state index contributed by atoms with van der Waals surface area (Å²) in [4.78, 5) is 25.4. The molecule has 0 saturated carbocycles. The van der Waals surface area contributed by atoms with Crippen molar-refractivity contribution in [1.82, 2.24) is 0 Å². The number of hydrogen-bond acceptors (Lipinski definition) is 5. The zero-order valence-electron chi connectivity index (χ0n) is 14.9. The van der Waals surface area contributed by atoms with Crippen molar-refractivity contribution >= 4 is 55.5 Å². The molecular weight excluding hydrogens is 396 g/mol. The van der Waals surface area contributed by atoms with Gasteiger partial charge < -0.3 is 9.47 Å². The molecule has 0 amide bonds. The highest BCUT2D eigenvalue weighted by Gasteiger charge is 2.20. The van der Waals surface area contributed by atoms with Gasteiger partial charge in [-0.15, -0.1) is 11.3 Å². The van der Waals surface area contributed by atoms with Gasteiger partial charge in [-0.1, -0.05) is 54.1 Å². The minimum atomic E-state index is -0.612. The van der Waals surface area contributed by atoms with E-state index in [4.69, 9.17) is 21.1 Å². The van der Waals surface area contributed by atoms with E-state index in [9.17, 15) is 9.59 Å². The third-order valence-corrected chi connectivity index (χ3v) is 6.08. The van der Waals surface area contributed by atoms with Gasteiger partial charge in [-0.05, 0) is 29.0 Å². The van der Waals surface area contributed by atoms with E-state index in [-0.39, 0.29) is 17.3 Å². The Morgan fingerprint density at radius 1 is 1.00 bits per heavy atom. The molecular formula is C22H15ClO4S. The fourth-order valence-corrected chi connectivity index (χ4v) is 4.48. The molecule has 0 aliphatic heterocycles. The predicted octanol–water partition coefficient (Wildman–Crippen LogP) is 5.76. The van der Waals surface area contributed by atoms with Gasteiger partial charge in [0.15, 0.2) is 6.61 Å². The Hall–Kier alpha value is -2.89. The maximum absolute atomic E-state index is 12.6. The van der Waals surface area contributed by atoms with Gasteiger partial charge in [0.05, 0.1) is 12.1 Å². The van der Waals surface area contributed by atoms with Crippen LogP contribution in [0, 0.1) is 0 Å². The van der Waals surface area contributed by atoms with Crippen LogP contribution in [0.4, 0.5) is 0 Å². The van der Waals surface area contributed by atoms with Gasteiger partial charge in [-0.2, -0.15) is 0 Å². The number of carbonyl (C=O) groups excluding carboxylic acids is 2. The number of fused-ring (bicyclic) bond motifs is 2. The topological polar surface area (TPSA) is 52.6 Å². The van der Waals surface area contributed by atoms with Crippen molar-refractivity contribution in [2.75, 3.05) is 13.7 Å². The Bertz CT molecular complexity index is 1210. The molecule has 1 heterocycles. The van der Waals surface area contributed by atoms with Crippen molar-refractivity contribution < 1.29 is 19.1 Å². The number of hydrogen-bond donors (Lipinski definition) is 0. The summed E-state index contributed by atoms with van der Waals surface area (Å²) >= 11 is 7.56. The lowest BCUT2D eigenvalue weighted by atomic mass is 10.0. The van der Waals surface area contributed by atoms with Crippen LogP contribution in [0.1, 0.15) is 20.0 Å². The summed E-state index contributed by atoms with van der Waals surface area (Å²) < 4.78 is 11.3. The average molecular weight is 411 g/mol. The van der Waals surface area contributed by atoms with Crippen molar-refractivity contribution in [3.8, 4) is 5.75 Å². The number of Topliss-reactive ketones (excluding diaryl/α,β-unsaturated/α-hetero) is 1. The van der Waals surface area contributed by atoms with E-state index in [2.05, 4.69) is 0 Å². The molecule has 4 rings (SSSR count). The molecule has 140 valence electrons. The third-order valence-electron chi connectivity index (χ3n) is 4.45.